The summed E-state index contributed by atoms with van der Waals surface area (Å²) >= 11 is 0. The third-order valence-corrected chi connectivity index (χ3v) is 1.68. The number of carbonyl (C=O) groups excluding carboxylic acids is 1. The molecule has 0 aliphatic carbocycles. The van der Waals surface area contributed by atoms with E-state index in [0.29, 0.717) is 5.56 Å². The van der Waals surface area contributed by atoms with E-state index in [-0.39, 0.29) is 17.2 Å². The Morgan fingerprint density at radius 3 is 2.58 bits per heavy atom. The molecule has 1 aromatic rings. The van der Waals surface area contributed by atoms with Gasteiger partial charge in [-0.15, -0.1) is 0 Å². The molecule has 0 saturated carbocycles. The molecule has 12 heavy (non-hydrogen) atoms. The Morgan fingerprint density at radius 2 is 2.08 bits per heavy atom. The zero-order valence-electron chi connectivity index (χ0n) is 7.09. The molecule has 0 amide bonds. The van der Waals surface area contributed by atoms with Gasteiger partial charge in [0.15, 0.2) is 5.78 Å². The summed E-state index contributed by atoms with van der Waals surface area (Å²) < 4.78 is 0. The van der Waals surface area contributed by atoms with Gasteiger partial charge in [0.25, 0.3) is 0 Å². The van der Waals surface area contributed by atoms with Gasteiger partial charge < -0.3 is 10.8 Å². The Hall–Kier alpha value is -1.51. The topological polar surface area (TPSA) is 63.3 Å². The number of phenolic OH excluding ortho intramolecular Hbond substituents is 1. The lowest BCUT2D eigenvalue weighted by Crippen LogP contribution is -2.00. The first-order chi connectivity index (χ1) is 5.52. The molecule has 0 saturated heterocycles. The van der Waals surface area contributed by atoms with E-state index in [0.717, 1.165) is 5.56 Å². The van der Waals surface area contributed by atoms with Crippen molar-refractivity contribution in [3.8, 4) is 5.75 Å². The molecule has 0 aliphatic heterocycles. The molecule has 0 aliphatic rings. The molecule has 0 aromatic heterocycles. The van der Waals surface area contributed by atoms with Crippen LogP contribution in [0.5, 0.6) is 5.75 Å². The number of nitrogens with two attached hydrogens (primary N) is 1. The third-order valence-electron chi connectivity index (χ3n) is 1.68. The van der Waals surface area contributed by atoms with Gasteiger partial charge in [-0.25, -0.2) is 0 Å². The average Bonchev–Trinajstić information content (AvgIpc) is 1.96. The second-order valence-electron chi connectivity index (χ2n) is 2.80. The first kappa shape index (κ1) is 8.59. The van der Waals surface area contributed by atoms with E-state index in [1.807, 2.05) is 0 Å². The predicted octanol–water partition coefficient (Wildman–Crippen LogP) is 1.49. The fourth-order valence-corrected chi connectivity index (χ4v) is 1.07. The zero-order chi connectivity index (χ0) is 9.30. The minimum atomic E-state index is -0.133. The van der Waals surface area contributed by atoms with Crippen LogP contribution in [0.3, 0.4) is 0 Å². The minimum absolute atomic E-state index is 0.0276. The zero-order valence-corrected chi connectivity index (χ0v) is 7.09. The van der Waals surface area contributed by atoms with Crippen molar-refractivity contribution >= 4 is 11.5 Å². The number of benzene rings is 1. The third kappa shape index (κ3) is 1.39. The van der Waals surface area contributed by atoms with Crippen LogP contribution < -0.4 is 5.73 Å². The number of phenols is 1. The van der Waals surface area contributed by atoms with Crippen LogP contribution in [0.2, 0.25) is 0 Å². The Kier molecular flexibility index (Phi) is 2.04. The molecule has 3 heteroatoms. The largest absolute Gasteiger partial charge is 0.506 e. The highest BCUT2D eigenvalue weighted by Crippen LogP contribution is 2.25. The van der Waals surface area contributed by atoms with Crippen molar-refractivity contribution in [2.75, 3.05) is 5.73 Å². The highest BCUT2D eigenvalue weighted by atomic mass is 16.3. The maximum atomic E-state index is 11.0. The van der Waals surface area contributed by atoms with Gasteiger partial charge in [-0.2, -0.15) is 0 Å². The van der Waals surface area contributed by atoms with E-state index < -0.39 is 0 Å². The van der Waals surface area contributed by atoms with Crippen molar-refractivity contribution in [2.24, 2.45) is 0 Å². The predicted molar refractivity (Wildman–Crippen MR) is 47.3 cm³/mol. The summed E-state index contributed by atoms with van der Waals surface area (Å²) in [5.74, 6) is -0.160. The van der Waals surface area contributed by atoms with E-state index in [4.69, 9.17) is 5.73 Å². The lowest BCUT2D eigenvalue weighted by atomic mass is 10.1. The normalized spacial score (nSPS) is 9.83. The molecule has 1 aromatic carbocycles. The molecule has 1 rings (SSSR count). The summed E-state index contributed by atoms with van der Waals surface area (Å²) in [4.78, 5) is 11.0. The highest BCUT2D eigenvalue weighted by Gasteiger charge is 2.08. The maximum Gasteiger partial charge on any atom is 0.162 e. The molecule has 0 atom stereocenters. The van der Waals surface area contributed by atoms with Crippen LogP contribution in [0, 0.1) is 6.92 Å². The van der Waals surface area contributed by atoms with Gasteiger partial charge in [-0.1, -0.05) is 0 Å². The fourth-order valence-electron chi connectivity index (χ4n) is 1.07. The van der Waals surface area contributed by atoms with E-state index >= 15 is 0 Å². The van der Waals surface area contributed by atoms with Crippen molar-refractivity contribution < 1.29 is 9.90 Å². The molecule has 3 N–H and O–H groups in total. The summed E-state index contributed by atoms with van der Waals surface area (Å²) in [5.41, 5.74) is 6.85. The van der Waals surface area contributed by atoms with Gasteiger partial charge in [-0.3, -0.25) is 4.79 Å². The number of carbonyl (C=O) groups is 1. The molecule has 0 spiro atoms. The second-order valence-corrected chi connectivity index (χ2v) is 2.80. The van der Waals surface area contributed by atoms with Crippen LogP contribution in [0.25, 0.3) is 0 Å². The maximum absolute atomic E-state index is 11.0. The number of hydrogen-bond acceptors (Lipinski definition) is 3. The fraction of sp³-hybridized carbons (Fsp3) is 0.222. The average molecular weight is 165 g/mol. The van der Waals surface area contributed by atoms with Crippen LogP contribution in [-0.2, 0) is 0 Å². The first-order valence-corrected chi connectivity index (χ1v) is 3.62. The number of aromatic hydroxyl groups is 1. The molecule has 0 unspecified atom stereocenters. The van der Waals surface area contributed by atoms with Crippen LogP contribution >= 0.6 is 0 Å². The SMILES string of the molecule is CC(=O)c1cc(C)cc(O)c1N. The molecular formula is C9H11NO2. The molecule has 0 bridgehead atoms. The van der Waals surface area contributed by atoms with E-state index in [1.54, 1.807) is 13.0 Å². The van der Waals surface area contributed by atoms with Crippen LogP contribution in [-0.4, -0.2) is 10.9 Å². The molecular weight excluding hydrogens is 154 g/mol. The van der Waals surface area contributed by atoms with Gasteiger partial charge in [0, 0.05) is 5.56 Å². The van der Waals surface area contributed by atoms with Gasteiger partial charge >= 0.3 is 0 Å². The van der Waals surface area contributed by atoms with Crippen LogP contribution in [0.15, 0.2) is 12.1 Å². The number of rotatable bonds is 1. The summed E-state index contributed by atoms with van der Waals surface area (Å²) in [6.07, 6.45) is 0. The minimum Gasteiger partial charge on any atom is -0.506 e. The van der Waals surface area contributed by atoms with Gasteiger partial charge in [0.05, 0.1) is 5.69 Å². The van der Waals surface area contributed by atoms with E-state index in [1.165, 1.54) is 13.0 Å². The summed E-state index contributed by atoms with van der Waals surface area (Å²) in [6, 6.07) is 3.19. The van der Waals surface area contributed by atoms with Crippen molar-refractivity contribution in [1.82, 2.24) is 0 Å². The van der Waals surface area contributed by atoms with Crippen LogP contribution in [0.1, 0.15) is 22.8 Å². The van der Waals surface area contributed by atoms with E-state index in [2.05, 4.69) is 0 Å². The number of anilines is 1. The summed E-state index contributed by atoms with van der Waals surface area (Å²) in [6.45, 7) is 3.22. The van der Waals surface area contributed by atoms with Crippen LogP contribution in [0.4, 0.5) is 5.69 Å². The standard InChI is InChI=1S/C9H11NO2/c1-5-3-7(6(2)11)9(10)8(12)4-5/h3-4,12H,10H2,1-2H3. The van der Waals surface area contributed by atoms with Crippen molar-refractivity contribution in [1.29, 1.82) is 0 Å². The van der Waals surface area contributed by atoms with Gasteiger partial charge in [0.1, 0.15) is 5.75 Å². The molecule has 3 nitrogen and oxygen atoms in total. The number of aryl methyl sites for hydroxylation is 1. The quantitative estimate of drug-likeness (QED) is 0.376. The lowest BCUT2D eigenvalue weighted by Gasteiger charge is -2.05. The number of nitrogen functional groups attached to an aromatic ring is 1. The molecule has 0 fully saturated rings. The van der Waals surface area contributed by atoms with Gasteiger partial charge in [-0.05, 0) is 31.5 Å². The Bertz CT molecular complexity index is 332. The number of ketones is 1. The van der Waals surface area contributed by atoms with Crippen molar-refractivity contribution in [3.63, 3.8) is 0 Å². The Balaban J connectivity index is 3.37. The monoisotopic (exact) mass is 165 g/mol. The van der Waals surface area contributed by atoms with Crippen molar-refractivity contribution in [2.45, 2.75) is 13.8 Å². The second kappa shape index (κ2) is 2.85. The summed E-state index contributed by atoms with van der Waals surface area (Å²) in [5, 5.41) is 9.25. The molecule has 0 heterocycles. The Labute approximate surface area is 70.8 Å². The smallest absolute Gasteiger partial charge is 0.162 e. The van der Waals surface area contributed by atoms with E-state index in [9.17, 15) is 9.90 Å². The lowest BCUT2D eigenvalue weighted by molar-refractivity contribution is 0.101. The van der Waals surface area contributed by atoms with Crippen molar-refractivity contribution in [3.05, 3.63) is 23.3 Å². The number of Topliss-reactive ketones (excluding diaryl/α,β-unsaturated/α-hetero) is 1. The molecule has 64 valence electrons. The number of hydrogen-bond donors (Lipinski definition) is 2. The molecule has 0 radical (unpaired) electrons. The van der Waals surface area contributed by atoms with Gasteiger partial charge in [0.2, 0.25) is 0 Å². The Morgan fingerprint density at radius 1 is 1.50 bits per heavy atom. The first-order valence-electron chi connectivity index (χ1n) is 3.62. The highest BCUT2D eigenvalue weighted by molar-refractivity contribution is 6.00. The summed E-state index contributed by atoms with van der Waals surface area (Å²) in [7, 11) is 0.